The van der Waals surface area contributed by atoms with Gasteiger partial charge in [0.25, 0.3) is 5.91 Å². The monoisotopic (exact) mass is 1470 g/mol. The number of carboxylic acids is 4. The number of aliphatic hydroxyl groups is 5. The van der Waals surface area contributed by atoms with Crippen LogP contribution in [0.25, 0.3) is 0 Å². The van der Waals surface area contributed by atoms with Gasteiger partial charge >= 0.3 is 23.9 Å². The highest BCUT2D eigenvalue weighted by Crippen LogP contribution is 2.35. The highest BCUT2D eigenvalue weighted by atomic mass is 35.5. The average molecular weight is 1470 g/mol. The van der Waals surface area contributed by atoms with Gasteiger partial charge in [-0.05, 0) is 110 Å². The molecule has 5 aromatic carbocycles. The molecule has 31 heteroatoms. The molecule has 6 atom stereocenters. The van der Waals surface area contributed by atoms with E-state index < -0.39 is 64.4 Å². The fraction of sp³-hybridized carbons (Fsp3) is 0.493. The Hall–Kier alpha value is -7.30. The number of hydrogen-bond acceptors (Lipinski definition) is 22. The number of halogens is 2. The van der Waals surface area contributed by atoms with Crippen LogP contribution < -0.4 is 45.5 Å². The predicted molar refractivity (Wildman–Crippen MR) is 383 cm³/mol. The van der Waals surface area contributed by atoms with E-state index in [0.29, 0.717) is 63.3 Å². The molecule has 1 heterocycles. The van der Waals surface area contributed by atoms with E-state index in [4.69, 9.17) is 75.8 Å². The number of carbonyl (C=O) groups is 5. The second kappa shape index (κ2) is 50.9. The fourth-order valence-electron chi connectivity index (χ4n) is 8.08. The Morgan fingerprint density at radius 2 is 0.900 bits per heavy atom. The highest BCUT2D eigenvalue weighted by molar-refractivity contribution is 7.89. The summed E-state index contributed by atoms with van der Waals surface area (Å²) in [4.78, 5) is 53.1. The van der Waals surface area contributed by atoms with E-state index >= 15 is 0 Å². The van der Waals surface area contributed by atoms with Gasteiger partial charge in [0.15, 0.2) is 12.2 Å². The van der Waals surface area contributed by atoms with Crippen LogP contribution in [-0.2, 0) is 62.7 Å². The lowest BCUT2D eigenvalue weighted by atomic mass is 10.1. The molecule has 1 aliphatic heterocycles. The van der Waals surface area contributed by atoms with Crippen molar-refractivity contribution in [2.75, 3.05) is 90.8 Å². The first-order chi connectivity index (χ1) is 46.6. The molecule has 0 fully saturated rings. The van der Waals surface area contributed by atoms with Crippen LogP contribution >= 0.6 is 24.0 Å². The lowest BCUT2D eigenvalue weighted by molar-refractivity contribution is -0.165. The van der Waals surface area contributed by atoms with Gasteiger partial charge in [0.2, 0.25) is 10.0 Å². The molecular weight excluding hydrogens is 1370 g/mol. The van der Waals surface area contributed by atoms with Crippen LogP contribution in [0.1, 0.15) is 93.9 Å². The van der Waals surface area contributed by atoms with Gasteiger partial charge in [-0.1, -0.05) is 108 Å². The van der Waals surface area contributed by atoms with Gasteiger partial charge in [0, 0.05) is 64.8 Å². The van der Waals surface area contributed by atoms with Gasteiger partial charge in [-0.2, -0.15) is 0 Å². The Morgan fingerprint density at radius 3 is 1.18 bits per heavy atom. The van der Waals surface area contributed by atoms with E-state index in [1.54, 1.807) is 26.2 Å². The Kier molecular flexibility index (Phi) is 47.2. The van der Waals surface area contributed by atoms with E-state index in [1.807, 2.05) is 152 Å². The van der Waals surface area contributed by atoms with Gasteiger partial charge in [-0.25, -0.2) is 23.1 Å². The maximum Gasteiger partial charge on any atom is 0.335 e. The second-order valence-electron chi connectivity index (χ2n) is 23.3. The number of anilines is 2. The van der Waals surface area contributed by atoms with Crippen LogP contribution in [0.4, 0.5) is 11.4 Å². The number of aryl methyl sites for hydroxylation is 1. The summed E-state index contributed by atoms with van der Waals surface area (Å²) in [6.07, 6.45) is -4.21. The zero-order valence-electron chi connectivity index (χ0n) is 58.5. The third kappa shape index (κ3) is 40.2. The first-order valence-corrected chi connectivity index (χ1v) is 33.7. The first-order valence-electron chi connectivity index (χ1n) is 31.8. The Balaban J connectivity index is 0.00000121. The first kappa shape index (κ1) is 92.7. The molecule has 6 unspecified atom stereocenters. The molecule has 0 saturated heterocycles. The van der Waals surface area contributed by atoms with E-state index in [0.717, 1.165) is 67.6 Å². The molecule has 0 aliphatic carbocycles. The summed E-state index contributed by atoms with van der Waals surface area (Å²) in [7, 11) is 1.07. The van der Waals surface area contributed by atoms with E-state index in [2.05, 4.69) is 21.3 Å². The number of hydrogen-bond donors (Lipinski definition) is 14. The Labute approximate surface area is 597 Å². The number of benzene rings is 5. The third-order valence-electron chi connectivity index (χ3n) is 13.5. The molecule has 0 radical (unpaired) electrons. The van der Waals surface area contributed by atoms with Gasteiger partial charge in [0.05, 0.1) is 48.9 Å². The fourth-order valence-corrected chi connectivity index (χ4v) is 9.18. The normalized spacial score (nSPS) is 13.7. The smallest absolute Gasteiger partial charge is 0.335 e. The summed E-state index contributed by atoms with van der Waals surface area (Å²) in [5.41, 5.74) is 6.03. The van der Waals surface area contributed by atoms with Crippen LogP contribution in [-0.4, -0.2) is 220 Å². The molecule has 1 aliphatic rings. The molecule has 0 saturated carbocycles. The van der Waals surface area contributed by atoms with Crippen molar-refractivity contribution >= 4 is 75.2 Å². The van der Waals surface area contributed by atoms with Crippen molar-refractivity contribution in [2.45, 2.75) is 147 Å². The predicted octanol–water partition coefficient (Wildman–Crippen LogP) is 5.79. The number of para-hydroxylation sites is 1. The molecule has 0 spiro atoms. The van der Waals surface area contributed by atoms with Crippen molar-refractivity contribution in [1.82, 2.24) is 16.0 Å². The van der Waals surface area contributed by atoms with Crippen molar-refractivity contribution in [3.63, 3.8) is 0 Å². The van der Waals surface area contributed by atoms with Crippen molar-refractivity contribution in [3.8, 4) is 17.2 Å². The number of sulfonamides is 1. The summed E-state index contributed by atoms with van der Waals surface area (Å²) in [6.45, 7) is 20.7. The molecule has 100 heavy (non-hydrogen) atoms. The Morgan fingerprint density at radius 1 is 0.570 bits per heavy atom. The van der Waals surface area contributed by atoms with Crippen LogP contribution in [0.3, 0.4) is 0 Å². The number of nitrogens with one attached hydrogen (secondary N) is 4. The molecule has 5 aromatic rings. The van der Waals surface area contributed by atoms with Crippen molar-refractivity contribution < 1.29 is 107 Å². The highest BCUT2D eigenvalue weighted by Gasteiger charge is 2.33. The molecule has 15 N–H and O–H groups in total. The third-order valence-corrected chi connectivity index (χ3v) is 14.9. The number of nitrogens with zero attached hydrogens (tertiary/aromatic N) is 1. The SMILES string of the molecule is COCCc1ccc(OCC(O)CNC(C)C)cc1.COCCc1ccc(OCC(O)CNC(C)C)cc1.COCCc1ccc(OCC(O)CNC(C)C)cc1.Cc1ccccc1N1C(=O)c2cc(S(N)(=O)=O)c(Cl)cc2NC1C.Cl.O=C(O)C(O)C(O)C(=O)O.O=C(O)CCC(=O)O. The lowest BCUT2D eigenvalue weighted by Gasteiger charge is -2.37. The maximum absolute atomic E-state index is 13.0. The molecule has 28 nitrogen and oxygen atoms in total. The summed E-state index contributed by atoms with van der Waals surface area (Å²) < 4.78 is 55.0. The van der Waals surface area contributed by atoms with E-state index in [-0.39, 0.29) is 52.8 Å². The number of amides is 1. The van der Waals surface area contributed by atoms with Gasteiger partial charge in [-0.3, -0.25) is 19.3 Å². The zero-order valence-corrected chi connectivity index (χ0v) is 60.9. The standard InChI is InChI=1S/C16H16ClN3O3S.3C15H25NO3.C4H6O6.C4H6O4.ClH/c1-9-5-3-4-6-14(9)20-10(2)19-13-8-12(17)15(24(18,22)23)7-11(13)16(20)21;3*1-12(2)16-10-14(17)11-19-15-6-4-13(5-7-15)8-9-18-3;5-1(3(7)8)2(6)4(9)10;5-3(6)1-2-4(7)8;/h3-8,10,19H,1-2H3,(H2,18,22,23);3*4-7,12,14,16-17H,8-11H2,1-3H3;1-2,5-6H,(H,7,8)(H,9,10);1-2H2,(H,5,6)(H,7,8);1H. The van der Waals surface area contributed by atoms with Gasteiger partial charge in [0.1, 0.15) is 66.4 Å². The number of aliphatic hydroxyl groups excluding tert-OH is 5. The average Bonchev–Trinajstić information content (AvgIpc) is 0.760. The molecule has 562 valence electrons. The number of fused-ring (bicyclic) bond motifs is 1. The number of methoxy groups -OCH3 is 3. The molecule has 6 rings (SSSR count). The Bertz CT molecular complexity index is 3050. The quantitative estimate of drug-likeness (QED) is 0.0228. The molecule has 0 aromatic heterocycles. The number of nitrogens with two attached hydrogens (primary N) is 1. The maximum atomic E-state index is 13.0. The van der Waals surface area contributed by atoms with Crippen molar-refractivity contribution in [3.05, 3.63) is 142 Å². The number of aliphatic carboxylic acids is 4. The van der Waals surface area contributed by atoms with E-state index in [9.17, 15) is 47.7 Å². The van der Waals surface area contributed by atoms with Crippen molar-refractivity contribution in [1.29, 1.82) is 0 Å². The summed E-state index contributed by atoms with van der Waals surface area (Å²) in [6, 6.07) is 34.9. The van der Waals surface area contributed by atoms with E-state index in [1.165, 1.54) is 28.8 Å². The van der Waals surface area contributed by atoms with Crippen LogP contribution in [0.2, 0.25) is 5.02 Å². The number of carboxylic acid groups (broad SMARTS) is 4. The summed E-state index contributed by atoms with van der Waals surface area (Å²) in [5, 5.41) is 95.3. The van der Waals surface area contributed by atoms with Crippen LogP contribution in [0.15, 0.2) is 114 Å². The molecule has 1 amide bonds. The van der Waals surface area contributed by atoms with Gasteiger partial charge < -0.3 is 95.6 Å². The molecular formula is C69H104Cl2N6O22S. The topological polar surface area (TPSA) is 434 Å². The largest absolute Gasteiger partial charge is 0.491 e. The van der Waals surface area contributed by atoms with Gasteiger partial charge in [-0.15, -0.1) is 12.4 Å². The summed E-state index contributed by atoms with van der Waals surface area (Å²) in [5.74, 6) is -3.66. The zero-order chi connectivity index (χ0) is 74.8. The molecule has 0 bridgehead atoms. The summed E-state index contributed by atoms with van der Waals surface area (Å²) >= 11 is 6.00. The van der Waals surface area contributed by atoms with Crippen LogP contribution in [0, 0.1) is 6.92 Å². The number of rotatable bonds is 35. The minimum absolute atomic E-state index is 0. The minimum atomic E-state index is -4.02. The number of ether oxygens (including phenoxy) is 6. The lowest BCUT2D eigenvalue weighted by Crippen LogP contribution is -2.47. The second-order valence-corrected chi connectivity index (χ2v) is 25.2. The van der Waals surface area contributed by atoms with Crippen LogP contribution in [0.5, 0.6) is 17.2 Å². The number of carbonyl (C=O) groups excluding carboxylic acids is 1. The number of primary sulfonamides is 1. The van der Waals surface area contributed by atoms with Crippen molar-refractivity contribution in [2.24, 2.45) is 5.14 Å². The minimum Gasteiger partial charge on any atom is -0.491 e.